The third kappa shape index (κ3) is 5.35. The minimum Gasteiger partial charge on any atom is -0.477 e. The first kappa shape index (κ1) is 24.1. The number of benzene rings is 1. The second-order valence-electron chi connectivity index (χ2n) is 8.92. The van der Waals surface area contributed by atoms with E-state index in [0.717, 1.165) is 43.2 Å². The van der Waals surface area contributed by atoms with Gasteiger partial charge in [0.05, 0.1) is 17.9 Å². The number of ether oxygens (including phenoxy) is 2. The molecule has 2 aromatic rings. The number of halogens is 1. The van der Waals surface area contributed by atoms with Crippen LogP contribution in [0, 0.1) is 25.6 Å². The Morgan fingerprint density at radius 3 is 2.68 bits per heavy atom. The Labute approximate surface area is 200 Å². The summed E-state index contributed by atoms with van der Waals surface area (Å²) < 4.78 is 42.4. The third-order valence-electron chi connectivity index (χ3n) is 6.52. The van der Waals surface area contributed by atoms with Crippen molar-refractivity contribution in [3.63, 3.8) is 0 Å². The molecular weight excluding hydrogens is 463 g/mol. The highest BCUT2D eigenvalue weighted by Crippen LogP contribution is 2.43. The van der Waals surface area contributed by atoms with Gasteiger partial charge in [-0.25, -0.2) is 19.2 Å². The van der Waals surface area contributed by atoms with Crippen LogP contribution in [0.2, 0.25) is 0 Å². The number of rotatable bonds is 6. The van der Waals surface area contributed by atoms with Gasteiger partial charge in [0.2, 0.25) is 5.88 Å². The summed E-state index contributed by atoms with van der Waals surface area (Å²) in [5.74, 6) is 0.904. The van der Waals surface area contributed by atoms with E-state index in [2.05, 4.69) is 15.3 Å². The third-order valence-corrected chi connectivity index (χ3v) is 6.52. The van der Waals surface area contributed by atoms with Crippen LogP contribution in [-0.2, 0) is 16.3 Å². The van der Waals surface area contributed by atoms with Gasteiger partial charge in [-0.15, -0.1) is 0 Å². The summed E-state index contributed by atoms with van der Waals surface area (Å²) in [6.07, 6.45) is 6.28. The second-order valence-corrected chi connectivity index (χ2v) is 9.06. The summed E-state index contributed by atoms with van der Waals surface area (Å²) in [7, 11) is 0. The molecule has 2 bridgehead atoms. The molecule has 3 atom stereocenters. The molecule has 3 unspecified atom stereocenters. The number of aryl methyl sites for hydroxylation is 1. The van der Waals surface area contributed by atoms with Gasteiger partial charge in [-0.3, -0.25) is 0 Å². The van der Waals surface area contributed by atoms with Crippen LogP contribution in [0.3, 0.4) is 0 Å². The Bertz CT molecular complexity index is 1090. The van der Waals surface area contributed by atoms with Crippen LogP contribution in [0.5, 0.6) is 5.88 Å². The van der Waals surface area contributed by atoms with Gasteiger partial charge in [0.15, 0.2) is 0 Å². The summed E-state index contributed by atoms with van der Waals surface area (Å²) in [6, 6.07) is 5.42. The molecule has 0 radical (unpaired) electrons. The van der Waals surface area contributed by atoms with Crippen molar-refractivity contribution in [3.05, 3.63) is 41.5 Å². The summed E-state index contributed by atoms with van der Waals surface area (Å²) in [6.45, 7) is 4.17. The predicted molar refractivity (Wildman–Crippen MR) is 122 cm³/mol. The van der Waals surface area contributed by atoms with Gasteiger partial charge in [0.25, 0.3) is 0 Å². The van der Waals surface area contributed by atoms with E-state index in [0.29, 0.717) is 24.0 Å². The highest BCUT2D eigenvalue weighted by atomic mass is 32.1. The minimum atomic E-state index is -0.750. The van der Waals surface area contributed by atoms with Crippen molar-refractivity contribution < 1.29 is 27.1 Å². The zero-order chi connectivity index (χ0) is 24.2. The van der Waals surface area contributed by atoms with Crippen LogP contribution >= 0.6 is 0 Å². The van der Waals surface area contributed by atoms with E-state index in [9.17, 15) is 9.18 Å². The topological polar surface area (TPSA) is 111 Å². The van der Waals surface area contributed by atoms with Crippen LogP contribution in [-0.4, -0.2) is 54.2 Å². The molecule has 11 heteroatoms. The molecule has 1 amide bonds. The van der Waals surface area contributed by atoms with Crippen LogP contribution in [0.4, 0.5) is 20.7 Å². The van der Waals surface area contributed by atoms with Crippen LogP contribution in [0.1, 0.15) is 43.2 Å². The lowest BCUT2D eigenvalue weighted by molar-refractivity contribution is 0.0861. The predicted octanol–water partition coefficient (Wildman–Crippen LogP) is 3.84. The molecule has 182 valence electrons. The quantitative estimate of drug-likeness (QED) is 0.650. The van der Waals surface area contributed by atoms with Crippen molar-refractivity contribution >= 4 is 29.2 Å². The highest BCUT2D eigenvalue weighted by Gasteiger charge is 2.50. The zero-order valence-corrected chi connectivity index (χ0v) is 19.8. The van der Waals surface area contributed by atoms with E-state index >= 15 is 0 Å². The van der Waals surface area contributed by atoms with Gasteiger partial charge in [0.1, 0.15) is 24.1 Å². The summed E-state index contributed by atoms with van der Waals surface area (Å²) in [5, 5.41) is 3.03. The fourth-order valence-corrected chi connectivity index (χ4v) is 4.71. The molecule has 9 nitrogen and oxygen atoms in total. The van der Waals surface area contributed by atoms with Crippen molar-refractivity contribution in [2.24, 2.45) is 5.92 Å². The Kier molecular flexibility index (Phi) is 7.40. The van der Waals surface area contributed by atoms with E-state index in [1.807, 2.05) is 24.8 Å². The van der Waals surface area contributed by atoms with E-state index < -0.39 is 11.6 Å². The molecule has 3 aliphatic rings. The molecule has 2 saturated heterocycles. The molecule has 1 saturated carbocycles. The smallest absolute Gasteiger partial charge is 0.410 e. The van der Waals surface area contributed by atoms with Crippen LogP contribution in [0.15, 0.2) is 24.5 Å². The number of carbonyl (C=O) groups excluding carboxylic acids is 1. The lowest BCUT2D eigenvalue weighted by Gasteiger charge is -2.24. The fourth-order valence-electron chi connectivity index (χ4n) is 4.71. The molecule has 34 heavy (non-hydrogen) atoms. The molecule has 1 aliphatic carbocycles. The first-order valence-electron chi connectivity index (χ1n) is 11.3. The molecule has 3 heterocycles. The van der Waals surface area contributed by atoms with Crippen molar-refractivity contribution in [2.75, 3.05) is 11.9 Å². The van der Waals surface area contributed by atoms with Gasteiger partial charge >= 0.3 is 17.7 Å². The first-order chi connectivity index (χ1) is 16.4. The number of hydrogen-bond donors (Lipinski definition) is 1. The van der Waals surface area contributed by atoms with Crippen molar-refractivity contribution in [1.82, 2.24) is 14.9 Å². The number of fused-ring (bicyclic) bond motifs is 2. The van der Waals surface area contributed by atoms with Crippen LogP contribution in [0.25, 0.3) is 0 Å². The molecular formula is C23H27FN4O5S. The van der Waals surface area contributed by atoms with Crippen molar-refractivity contribution in [1.29, 1.82) is 0 Å². The number of carbonyl (C=O) groups is 1. The van der Waals surface area contributed by atoms with Crippen molar-refractivity contribution in [2.45, 2.75) is 64.1 Å². The average Bonchev–Trinajstić information content (AvgIpc) is 3.42. The number of anilines is 2. The fraction of sp³-hybridized carbons (Fsp3) is 0.522. The van der Waals surface area contributed by atoms with Crippen molar-refractivity contribution in [3.8, 4) is 5.88 Å². The number of amides is 1. The van der Waals surface area contributed by atoms with E-state index in [1.54, 1.807) is 6.07 Å². The van der Waals surface area contributed by atoms with Gasteiger partial charge in [0, 0.05) is 18.0 Å². The zero-order valence-electron chi connectivity index (χ0n) is 19.0. The lowest BCUT2D eigenvalue weighted by atomic mass is 9.90. The maximum atomic E-state index is 14.2. The molecule has 2 aliphatic heterocycles. The van der Waals surface area contributed by atoms with E-state index in [1.165, 1.54) is 12.4 Å². The average molecular weight is 491 g/mol. The molecule has 3 fully saturated rings. The van der Waals surface area contributed by atoms with E-state index in [-0.39, 0.29) is 36.0 Å². The van der Waals surface area contributed by atoms with Gasteiger partial charge in [-0.1, -0.05) is 6.07 Å². The Morgan fingerprint density at radius 2 is 1.97 bits per heavy atom. The molecule has 1 N–H and O–H groups in total. The summed E-state index contributed by atoms with van der Waals surface area (Å²) in [4.78, 5) is 23.0. The number of nitrogens with one attached hydrogen (secondary N) is 1. The van der Waals surface area contributed by atoms with Crippen LogP contribution < -0.4 is 10.1 Å². The van der Waals surface area contributed by atoms with Gasteiger partial charge < -0.3 is 19.7 Å². The SMILES string of the molecule is Cc1ccc(Nc2ncnc(OCC3CC4CCC3N4C(=O)OC3CC3)c2C)c(F)c1.O=S=O. The Morgan fingerprint density at radius 1 is 1.21 bits per heavy atom. The highest BCUT2D eigenvalue weighted by molar-refractivity contribution is 7.51. The normalized spacial score (nSPS) is 22.6. The maximum Gasteiger partial charge on any atom is 0.410 e. The molecule has 0 spiro atoms. The molecule has 1 aromatic heterocycles. The molecule has 5 rings (SSSR count). The molecule has 1 aromatic carbocycles. The van der Waals surface area contributed by atoms with Gasteiger partial charge in [-0.2, -0.15) is 8.42 Å². The monoisotopic (exact) mass is 490 g/mol. The summed E-state index contributed by atoms with van der Waals surface area (Å²) >= 11 is -0.750. The number of nitrogens with zero attached hydrogens (tertiary/aromatic N) is 3. The Balaban J connectivity index is 0.000000868. The lowest BCUT2D eigenvalue weighted by Crippen LogP contribution is -2.38. The first-order valence-corrected chi connectivity index (χ1v) is 12.0. The minimum absolute atomic E-state index is 0.121. The number of hydrogen-bond acceptors (Lipinski definition) is 8. The maximum absolute atomic E-state index is 14.2. The standard InChI is InChI=1S/C23H27FN4O3.O2S/c1-13-3-7-19(18(24)9-13)27-21-14(2)22(26-12-25-21)30-11-15-10-16-4-8-20(15)28(16)23(29)31-17-5-6-17;1-3-2/h3,7,9,12,15-17,20H,4-6,8,10-11H2,1-2H3,(H,25,26,27);. The number of aromatic nitrogens is 2. The van der Waals surface area contributed by atoms with E-state index in [4.69, 9.17) is 17.9 Å². The van der Waals surface area contributed by atoms with Gasteiger partial charge in [-0.05, 0) is 63.6 Å². The second kappa shape index (κ2) is 10.5. The Hall–Kier alpha value is -3.08. The largest absolute Gasteiger partial charge is 0.477 e. The summed E-state index contributed by atoms with van der Waals surface area (Å²) in [5.41, 5.74) is 1.93.